The SMILES string of the molecule is CC(C)C[C@H](NC(=O)[C@@H](NC(=O)CNC(=O)CNC(=O)CNC(=O)[C@@H]1CCCN1)[C@@H](C)O)C(=O)N1CCC[C@H]1C(=O)N1CCC[C@H]1C(=O)N[C@@H](CO)C(=O)NCC(=O)O. The molecule has 3 saturated heterocycles. The molecule has 3 aliphatic rings. The molecule has 0 aromatic rings. The number of nitrogens with one attached hydrogen (secondary N) is 8. The summed E-state index contributed by atoms with van der Waals surface area (Å²) in [6.45, 7) is 2.83. The van der Waals surface area contributed by atoms with Crippen LogP contribution in [0.4, 0.5) is 0 Å². The van der Waals surface area contributed by atoms with E-state index in [4.69, 9.17) is 5.11 Å². The van der Waals surface area contributed by atoms with Crippen LogP contribution in [0.15, 0.2) is 0 Å². The van der Waals surface area contributed by atoms with Gasteiger partial charge in [0.15, 0.2) is 0 Å². The summed E-state index contributed by atoms with van der Waals surface area (Å²) in [5.74, 6) is -7.75. The monoisotopic (exact) mass is 838 g/mol. The molecular formula is C36H58N10O13. The molecule has 3 heterocycles. The summed E-state index contributed by atoms with van der Waals surface area (Å²) >= 11 is 0. The average Bonchev–Trinajstić information content (AvgIpc) is 4.00. The first kappa shape index (κ1) is 48.0. The second-order valence-corrected chi connectivity index (χ2v) is 15.1. The molecule has 3 rings (SSSR count). The van der Waals surface area contributed by atoms with Crippen LogP contribution >= 0.6 is 0 Å². The number of amides is 9. The van der Waals surface area contributed by atoms with E-state index in [1.165, 1.54) is 16.7 Å². The van der Waals surface area contributed by atoms with E-state index < -0.39 is 116 Å². The third-order valence-electron chi connectivity index (χ3n) is 9.98. The first-order chi connectivity index (χ1) is 27.9. The molecular weight excluding hydrogens is 780 g/mol. The Kier molecular flexibility index (Phi) is 18.9. The minimum Gasteiger partial charge on any atom is -0.480 e. The Hall–Kier alpha value is -5.42. The number of carboxylic acid groups (broad SMARTS) is 1. The highest BCUT2D eigenvalue weighted by Crippen LogP contribution is 2.26. The number of carboxylic acids is 1. The molecule has 7 atom stereocenters. The van der Waals surface area contributed by atoms with Gasteiger partial charge in [-0.2, -0.15) is 0 Å². The predicted molar refractivity (Wildman–Crippen MR) is 204 cm³/mol. The van der Waals surface area contributed by atoms with Gasteiger partial charge in [-0.05, 0) is 64.3 Å². The number of aliphatic hydroxyl groups is 2. The normalized spacial score (nSPS) is 20.7. The Bertz CT molecular complexity index is 1570. The van der Waals surface area contributed by atoms with Gasteiger partial charge in [-0.25, -0.2) is 0 Å². The number of carbonyl (C=O) groups is 10. The molecule has 11 N–H and O–H groups in total. The number of aliphatic hydroxyl groups excluding tert-OH is 2. The fourth-order valence-corrected chi connectivity index (χ4v) is 7.00. The first-order valence-corrected chi connectivity index (χ1v) is 19.8. The lowest BCUT2D eigenvalue weighted by molar-refractivity contribution is -0.148. The van der Waals surface area contributed by atoms with Gasteiger partial charge < -0.3 is 67.7 Å². The molecule has 0 unspecified atom stereocenters. The Balaban J connectivity index is 1.57. The Morgan fingerprint density at radius 3 is 1.85 bits per heavy atom. The van der Waals surface area contributed by atoms with E-state index >= 15 is 0 Å². The standard InChI is InChI=1S/C36H58N10O13/c1-19(2)13-22(42-34(57)30(20(3)48)44-28(51)16-39-26(49)14-38-27(50)15-40-31(54)21-7-4-10-37-21)35(58)46-12-6-9-25(46)36(59)45-11-5-8-24(45)33(56)43-23(18-47)32(55)41-17-29(52)53/h19-25,30,37,47-48H,4-18H2,1-3H3,(H,38,50)(H,39,49)(H,40,54)(H,41,55)(H,42,57)(H,43,56)(H,44,51)(H,52,53)/t20-,21+,22+,23+,24+,25+,30+/m1/s1. The average molecular weight is 839 g/mol. The maximum absolute atomic E-state index is 14.1. The first-order valence-electron chi connectivity index (χ1n) is 19.8. The number of rotatable bonds is 21. The van der Waals surface area contributed by atoms with Crippen molar-refractivity contribution in [3.8, 4) is 0 Å². The molecule has 0 aromatic carbocycles. The largest absolute Gasteiger partial charge is 0.480 e. The summed E-state index contributed by atoms with van der Waals surface area (Å²) in [7, 11) is 0. The van der Waals surface area contributed by atoms with Crippen molar-refractivity contribution in [1.82, 2.24) is 52.3 Å². The molecule has 9 amide bonds. The smallest absolute Gasteiger partial charge is 0.322 e. The van der Waals surface area contributed by atoms with Crippen LogP contribution < -0.4 is 42.5 Å². The van der Waals surface area contributed by atoms with Gasteiger partial charge in [0.25, 0.3) is 0 Å². The van der Waals surface area contributed by atoms with Gasteiger partial charge in [-0.3, -0.25) is 47.9 Å². The molecule has 3 aliphatic heterocycles. The number of hydrogen-bond acceptors (Lipinski definition) is 13. The number of nitrogens with zero attached hydrogens (tertiary/aromatic N) is 2. The fourth-order valence-electron chi connectivity index (χ4n) is 7.00. The van der Waals surface area contributed by atoms with E-state index in [-0.39, 0.29) is 56.8 Å². The van der Waals surface area contributed by atoms with Crippen LogP contribution in [0.3, 0.4) is 0 Å². The van der Waals surface area contributed by atoms with Crippen LogP contribution in [0.5, 0.6) is 0 Å². The van der Waals surface area contributed by atoms with E-state index in [9.17, 15) is 58.2 Å². The molecule has 0 aromatic heterocycles. The van der Waals surface area contributed by atoms with E-state index in [0.717, 1.165) is 6.42 Å². The van der Waals surface area contributed by atoms with Crippen molar-refractivity contribution in [3.05, 3.63) is 0 Å². The van der Waals surface area contributed by atoms with Gasteiger partial charge in [0.2, 0.25) is 53.2 Å². The lowest BCUT2D eigenvalue weighted by atomic mass is 10.0. The highest BCUT2D eigenvalue weighted by atomic mass is 16.4. The van der Waals surface area contributed by atoms with Crippen LogP contribution in [0.2, 0.25) is 0 Å². The summed E-state index contributed by atoms with van der Waals surface area (Å²) in [5, 5.41) is 48.3. The van der Waals surface area contributed by atoms with Crippen LogP contribution in [-0.4, -0.2) is 179 Å². The number of likely N-dealkylation sites (tertiary alicyclic amines) is 2. The highest BCUT2D eigenvalue weighted by Gasteiger charge is 2.44. The van der Waals surface area contributed by atoms with Crippen LogP contribution in [0.25, 0.3) is 0 Å². The van der Waals surface area contributed by atoms with Crippen molar-refractivity contribution >= 4 is 59.1 Å². The fraction of sp³-hybridized carbons (Fsp3) is 0.722. The van der Waals surface area contributed by atoms with Crippen molar-refractivity contribution < 1.29 is 63.3 Å². The maximum atomic E-state index is 14.1. The molecule has 23 heteroatoms. The highest BCUT2D eigenvalue weighted by molar-refractivity contribution is 5.98. The quantitative estimate of drug-likeness (QED) is 0.0513. The van der Waals surface area contributed by atoms with Crippen molar-refractivity contribution in [2.75, 3.05) is 52.4 Å². The Labute approximate surface area is 340 Å². The lowest BCUT2D eigenvalue weighted by Gasteiger charge is -2.34. The van der Waals surface area contributed by atoms with E-state index in [2.05, 4.69) is 42.5 Å². The summed E-state index contributed by atoms with van der Waals surface area (Å²) < 4.78 is 0. The van der Waals surface area contributed by atoms with Gasteiger partial charge in [0, 0.05) is 13.1 Å². The molecule has 0 saturated carbocycles. The van der Waals surface area contributed by atoms with Gasteiger partial charge in [0.05, 0.1) is 38.4 Å². The van der Waals surface area contributed by atoms with Gasteiger partial charge in [0.1, 0.15) is 36.8 Å². The van der Waals surface area contributed by atoms with Crippen molar-refractivity contribution in [3.63, 3.8) is 0 Å². The van der Waals surface area contributed by atoms with E-state index in [1.807, 2.05) is 0 Å². The molecule has 330 valence electrons. The van der Waals surface area contributed by atoms with Crippen molar-refractivity contribution in [2.24, 2.45) is 5.92 Å². The zero-order valence-corrected chi connectivity index (χ0v) is 33.5. The van der Waals surface area contributed by atoms with Crippen LogP contribution in [0.1, 0.15) is 65.7 Å². The summed E-state index contributed by atoms with van der Waals surface area (Å²) in [5.41, 5.74) is 0. The molecule has 0 aliphatic carbocycles. The minimum atomic E-state index is -1.56. The van der Waals surface area contributed by atoms with Gasteiger partial charge in [-0.1, -0.05) is 13.8 Å². The molecule has 23 nitrogen and oxygen atoms in total. The molecule has 0 bridgehead atoms. The topological polar surface area (TPSA) is 334 Å². The third-order valence-corrected chi connectivity index (χ3v) is 9.98. The Morgan fingerprint density at radius 2 is 1.27 bits per heavy atom. The van der Waals surface area contributed by atoms with Crippen molar-refractivity contribution in [2.45, 2.75) is 108 Å². The Morgan fingerprint density at radius 1 is 0.661 bits per heavy atom. The lowest BCUT2D eigenvalue weighted by Crippen LogP contribution is -2.60. The zero-order chi connectivity index (χ0) is 43.8. The van der Waals surface area contributed by atoms with Gasteiger partial charge in [-0.15, -0.1) is 0 Å². The molecule has 59 heavy (non-hydrogen) atoms. The number of hydrogen-bond donors (Lipinski definition) is 11. The van der Waals surface area contributed by atoms with Crippen LogP contribution in [0, 0.1) is 5.92 Å². The second kappa shape index (κ2) is 23.2. The van der Waals surface area contributed by atoms with Crippen molar-refractivity contribution in [1.29, 1.82) is 0 Å². The molecule has 0 radical (unpaired) electrons. The zero-order valence-electron chi connectivity index (χ0n) is 33.5. The summed E-state index contributed by atoms with van der Waals surface area (Å²) in [4.78, 5) is 130. The van der Waals surface area contributed by atoms with E-state index in [0.29, 0.717) is 25.8 Å². The van der Waals surface area contributed by atoms with Crippen LogP contribution in [-0.2, 0) is 47.9 Å². The summed E-state index contributed by atoms with van der Waals surface area (Å²) in [6, 6.07) is -6.63. The predicted octanol–water partition coefficient (Wildman–Crippen LogP) is -5.86. The summed E-state index contributed by atoms with van der Waals surface area (Å²) in [6.07, 6.45) is 1.50. The van der Waals surface area contributed by atoms with E-state index in [1.54, 1.807) is 13.8 Å². The molecule has 3 fully saturated rings. The second-order valence-electron chi connectivity index (χ2n) is 15.1. The maximum Gasteiger partial charge on any atom is 0.322 e. The molecule has 0 spiro atoms. The number of carbonyl (C=O) groups excluding carboxylic acids is 9. The third kappa shape index (κ3) is 14.7. The minimum absolute atomic E-state index is 0.118. The van der Waals surface area contributed by atoms with Gasteiger partial charge >= 0.3 is 5.97 Å². The number of aliphatic carboxylic acids is 1.